The number of nitrogens with one attached hydrogen (secondary N) is 1. The van der Waals surface area contributed by atoms with Gasteiger partial charge < -0.3 is 20.3 Å². The standard InChI is InChI=1S/C60H117NO5/c1-3-5-7-9-11-13-15-17-19-21-22-23-24-25-26-28-29-31-33-36-40-44-48-52-58(63)57(56-62)61-59(64)53-49-45-41-37-35-39-43-47-51-55-66-60(65)54-50-46-42-38-34-32-30-27-20-18-16-14-12-10-8-6-4-2/h18,20,57-58,62-63H,3-17,19,21-56H2,1-2H3,(H,61,64)/b20-18-. The molecule has 0 radical (unpaired) electrons. The molecular formula is C60H117NO5. The molecule has 0 fully saturated rings. The van der Waals surface area contributed by atoms with E-state index in [4.69, 9.17) is 4.74 Å². The van der Waals surface area contributed by atoms with Crippen molar-refractivity contribution in [2.24, 2.45) is 0 Å². The maximum absolute atomic E-state index is 12.5. The van der Waals surface area contributed by atoms with Crippen LogP contribution in [0.1, 0.15) is 335 Å². The van der Waals surface area contributed by atoms with Gasteiger partial charge in [-0.15, -0.1) is 0 Å². The minimum absolute atomic E-state index is 0.0268. The highest BCUT2D eigenvalue weighted by Gasteiger charge is 2.20. The monoisotopic (exact) mass is 932 g/mol. The average Bonchev–Trinajstić information content (AvgIpc) is 3.32. The molecule has 0 bridgehead atoms. The number of carbonyl (C=O) groups excluding carboxylic acids is 2. The number of hydrogen-bond acceptors (Lipinski definition) is 5. The van der Waals surface area contributed by atoms with Gasteiger partial charge in [-0.2, -0.15) is 0 Å². The van der Waals surface area contributed by atoms with Gasteiger partial charge in [0.05, 0.1) is 25.4 Å². The van der Waals surface area contributed by atoms with Crippen LogP contribution in [0.5, 0.6) is 0 Å². The number of unbranched alkanes of at least 4 members (excludes halogenated alkanes) is 43. The first kappa shape index (κ1) is 64.6. The molecule has 0 aliphatic carbocycles. The van der Waals surface area contributed by atoms with Gasteiger partial charge in [-0.25, -0.2) is 0 Å². The van der Waals surface area contributed by atoms with Crippen molar-refractivity contribution in [3.8, 4) is 0 Å². The van der Waals surface area contributed by atoms with E-state index in [1.165, 1.54) is 244 Å². The summed E-state index contributed by atoms with van der Waals surface area (Å²) in [5.74, 6) is -0.0856. The Kier molecular flexibility index (Phi) is 55.0. The summed E-state index contributed by atoms with van der Waals surface area (Å²) in [4.78, 5) is 24.6. The van der Waals surface area contributed by atoms with E-state index >= 15 is 0 Å². The SMILES string of the molecule is CCCCCCCC/C=C\CCCCCCCCCC(=O)OCCCCCCCCCCCC(=O)NC(CO)C(O)CCCCCCCCCCCCCCCCCCCCCCCCC. The van der Waals surface area contributed by atoms with Crippen molar-refractivity contribution >= 4 is 11.9 Å². The molecule has 0 aromatic carbocycles. The Balaban J connectivity index is 3.46. The van der Waals surface area contributed by atoms with Gasteiger partial charge in [0, 0.05) is 12.8 Å². The Morgan fingerprint density at radius 2 is 0.712 bits per heavy atom. The molecule has 0 aromatic heterocycles. The molecule has 2 atom stereocenters. The number of allylic oxidation sites excluding steroid dienone is 2. The maximum Gasteiger partial charge on any atom is 0.305 e. The predicted molar refractivity (Wildman–Crippen MR) is 287 cm³/mol. The molecule has 0 saturated carbocycles. The summed E-state index contributed by atoms with van der Waals surface area (Å²) >= 11 is 0. The molecule has 0 rings (SSSR count). The topological polar surface area (TPSA) is 95.9 Å². The molecule has 6 nitrogen and oxygen atoms in total. The Labute approximate surface area is 412 Å². The van der Waals surface area contributed by atoms with Crippen molar-refractivity contribution in [1.82, 2.24) is 5.32 Å². The average molecular weight is 933 g/mol. The fraction of sp³-hybridized carbons (Fsp3) is 0.933. The van der Waals surface area contributed by atoms with Crippen LogP contribution >= 0.6 is 0 Å². The molecule has 0 aromatic rings. The normalized spacial score (nSPS) is 12.6. The first-order valence-electron chi connectivity index (χ1n) is 29.9. The van der Waals surface area contributed by atoms with Gasteiger partial charge in [0.1, 0.15) is 0 Å². The zero-order valence-corrected chi connectivity index (χ0v) is 44.7. The first-order chi connectivity index (χ1) is 32.5. The first-order valence-corrected chi connectivity index (χ1v) is 29.9. The lowest BCUT2D eigenvalue weighted by Crippen LogP contribution is -2.45. The molecule has 0 spiro atoms. The third-order valence-corrected chi connectivity index (χ3v) is 14.1. The minimum atomic E-state index is -0.682. The van der Waals surface area contributed by atoms with Gasteiger partial charge in [0.25, 0.3) is 0 Å². The summed E-state index contributed by atoms with van der Waals surface area (Å²) in [6.07, 6.45) is 66.3. The number of ether oxygens (including phenoxy) is 1. The molecule has 3 N–H and O–H groups in total. The van der Waals surface area contributed by atoms with Crippen molar-refractivity contribution in [3.05, 3.63) is 12.2 Å². The second kappa shape index (κ2) is 56.2. The van der Waals surface area contributed by atoms with E-state index in [-0.39, 0.29) is 18.5 Å². The molecular weight excluding hydrogens is 815 g/mol. The fourth-order valence-corrected chi connectivity index (χ4v) is 9.46. The van der Waals surface area contributed by atoms with Gasteiger partial charge in [0.2, 0.25) is 5.91 Å². The lowest BCUT2D eigenvalue weighted by atomic mass is 10.0. The number of carbonyl (C=O) groups is 2. The summed E-state index contributed by atoms with van der Waals surface area (Å²) in [5.41, 5.74) is 0. The van der Waals surface area contributed by atoms with Crippen LogP contribution in [0.25, 0.3) is 0 Å². The number of rotatable bonds is 56. The summed E-state index contributed by atoms with van der Waals surface area (Å²) in [6, 6.07) is -0.562. The molecule has 6 heteroatoms. The Morgan fingerprint density at radius 3 is 1.08 bits per heavy atom. The van der Waals surface area contributed by atoms with E-state index in [1.807, 2.05) is 0 Å². The maximum atomic E-state index is 12.5. The fourth-order valence-electron chi connectivity index (χ4n) is 9.46. The van der Waals surface area contributed by atoms with E-state index in [0.29, 0.717) is 25.9 Å². The van der Waals surface area contributed by atoms with E-state index in [2.05, 4.69) is 31.3 Å². The van der Waals surface area contributed by atoms with Crippen LogP contribution in [0.2, 0.25) is 0 Å². The lowest BCUT2D eigenvalue weighted by molar-refractivity contribution is -0.143. The van der Waals surface area contributed by atoms with Crippen LogP contribution in [0.4, 0.5) is 0 Å². The van der Waals surface area contributed by atoms with Crippen LogP contribution in [0.15, 0.2) is 12.2 Å². The van der Waals surface area contributed by atoms with Crippen LogP contribution in [-0.2, 0) is 14.3 Å². The Bertz CT molecular complexity index is 986. The molecule has 1 amide bonds. The van der Waals surface area contributed by atoms with Crippen LogP contribution < -0.4 is 5.32 Å². The molecule has 66 heavy (non-hydrogen) atoms. The molecule has 2 unspecified atom stereocenters. The summed E-state index contributed by atoms with van der Waals surface area (Å²) in [6.45, 7) is 4.91. The third kappa shape index (κ3) is 52.0. The van der Waals surface area contributed by atoms with Crippen molar-refractivity contribution in [2.45, 2.75) is 347 Å². The van der Waals surface area contributed by atoms with E-state index < -0.39 is 12.1 Å². The van der Waals surface area contributed by atoms with E-state index in [0.717, 1.165) is 57.8 Å². The Morgan fingerprint density at radius 1 is 0.409 bits per heavy atom. The minimum Gasteiger partial charge on any atom is -0.466 e. The Hall–Kier alpha value is -1.40. The predicted octanol–water partition coefficient (Wildman–Crippen LogP) is 18.5. The molecule has 0 heterocycles. The van der Waals surface area contributed by atoms with Crippen LogP contribution in [-0.4, -0.2) is 47.4 Å². The quantitative estimate of drug-likeness (QED) is 0.0321. The largest absolute Gasteiger partial charge is 0.466 e. The summed E-state index contributed by atoms with van der Waals surface area (Å²) < 4.78 is 5.47. The molecule has 0 aliphatic rings. The highest BCUT2D eigenvalue weighted by Crippen LogP contribution is 2.18. The summed E-state index contributed by atoms with van der Waals surface area (Å²) in [5, 5.41) is 23.3. The van der Waals surface area contributed by atoms with E-state index in [9.17, 15) is 19.8 Å². The molecule has 392 valence electrons. The van der Waals surface area contributed by atoms with Crippen molar-refractivity contribution in [2.75, 3.05) is 13.2 Å². The van der Waals surface area contributed by atoms with Crippen LogP contribution in [0, 0.1) is 0 Å². The zero-order chi connectivity index (χ0) is 47.9. The second-order valence-corrected chi connectivity index (χ2v) is 20.7. The summed E-state index contributed by atoms with van der Waals surface area (Å²) in [7, 11) is 0. The van der Waals surface area contributed by atoms with Crippen molar-refractivity contribution in [1.29, 1.82) is 0 Å². The number of hydrogen-bond donors (Lipinski definition) is 3. The van der Waals surface area contributed by atoms with Gasteiger partial charge in [0.15, 0.2) is 0 Å². The number of amides is 1. The van der Waals surface area contributed by atoms with E-state index in [1.54, 1.807) is 0 Å². The highest BCUT2D eigenvalue weighted by atomic mass is 16.5. The number of aliphatic hydroxyl groups is 2. The smallest absolute Gasteiger partial charge is 0.305 e. The van der Waals surface area contributed by atoms with Crippen molar-refractivity contribution in [3.63, 3.8) is 0 Å². The van der Waals surface area contributed by atoms with Gasteiger partial charge in [-0.1, -0.05) is 283 Å². The van der Waals surface area contributed by atoms with Gasteiger partial charge in [-0.3, -0.25) is 9.59 Å². The molecule has 0 aliphatic heterocycles. The highest BCUT2D eigenvalue weighted by molar-refractivity contribution is 5.76. The van der Waals surface area contributed by atoms with Gasteiger partial charge >= 0.3 is 5.97 Å². The van der Waals surface area contributed by atoms with Crippen molar-refractivity contribution < 1.29 is 24.5 Å². The number of esters is 1. The zero-order valence-electron chi connectivity index (χ0n) is 44.7. The van der Waals surface area contributed by atoms with Crippen LogP contribution in [0.3, 0.4) is 0 Å². The number of aliphatic hydroxyl groups excluding tert-OH is 2. The third-order valence-electron chi connectivity index (χ3n) is 14.1. The second-order valence-electron chi connectivity index (χ2n) is 20.7. The lowest BCUT2D eigenvalue weighted by Gasteiger charge is -2.22. The molecule has 0 saturated heterocycles. The van der Waals surface area contributed by atoms with Gasteiger partial charge in [-0.05, 0) is 51.4 Å².